The number of carbonyl (C=O) groups is 1. The Labute approximate surface area is 67.4 Å². The van der Waals surface area contributed by atoms with Crippen LogP contribution in [0.25, 0.3) is 0 Å². The van der Waals surface area contributed by atoms with E-state index in [1.807, 2.05) is 13.8 Å². The maximum atomic E-state index is 10.5. The molecule has 0 radical (unpaired) electrons. The standard InChI is InChI=1S/C8H16O3/c1-6(2)5-11-8(3,4)7(9)10/h6H,5H2,1-4H3,(H,9,10). The smallest absolute Gasteiger partial charge is 0.335 e. The fraction of sp³-hybridized carbons (Fsp3) is 0.875. The molecule has 0 aromatic carbocycles. The number of carboxylic acid groups (broad SMARTS) is 1. The van der Waals surface area contributed by atoms with Crippen LogP contribution in [0, 0.1) is 5.92 Å². The Morgan fingerprint density at radius 1 is 1.55 bits per heavy atom. The van der Waals surface area contributed by atoms with Crippen molar-refractivity contribution in [3.05, 3.63) is 0 Å². The summed E-state index contributed by atoms with van der Waals surface area (Å²) in [6.07, 6.45) is 0. The van der Waals surface area contributed by atoms with Crippen molar-refractivity contribution in [3.8, 4) is 0 Å². The van der Waals surface area contributed by atoms with Crippen molar-refractivity contribution in [3.63, 3.8) is 0 Å². The Morgan fingerprint density at radius 3 is 2.27 bits per heavy atom. The molecule has 0 saturated carbocycles. The van der Waals surface area contributed by atoms with Crippen molar-refractivity contribution in [2.24, 2.45) is 5.92 Å². The molecule has 1 N–H and O–H groups in total. The highest BCUT2D eigenvalue weighted by molar-refractivity contribution is 5.76. The van der Waals surface area contributed by atoms with Crippen LogP contribution in [0.5, 0.6) is 0 Å². The molecule has 0 aromatic rings. The Hall–Kier alpha value is -0.570. The zero-order valence-corrected chi connectivity index (χ0v) is 7.55. The maximum Gasteiger partial charge on any atom is 0.335 e. The van der Waals surface area contributed by atoms with Crippen molar-refractivity contribution in [2.75, 3.05) is 6.61 Å². The first-order valence-corrected chi connectivity index (χ1v) is 3.73. The molecular formula is C8H16O3. The fourth-order valence-corrected chi connectivity index (χ4v) is 0.437. The Morgan fingerprint density at radius 2 is 2.00 bits per heavy atom. The highest BCUT2D eigenvalue weighted by atomic mass is 16.5. The third-order valence-electron chi connectivity index (χ3n) is 1.29. The monoisotopic (exact) mass is 160 g/mol. The van der Waals surface area contributed by atoms with Gasteiger partial charge >= 0.3 is 5.97 Å². The van der Waals surface area contributed by atoms with Crippen molar-refractivity contribution in [1.29, 1.82) is 0 Å². The third-order valence-corrected chi connectivity index (χ3v) is 1.29. The van der Waals surface area contributed by atoms with Gasteiger partial charge in [-0.25, -0.2) is 4.79 Å². The summed E-state index contributed by atoms with van der Waals surface area (Å²) in [6, 6.07) is 0. The summed E-state index contributed by atoms with van der Waals surface area (Å²) >= 11 is 0. The van der Waals surface area contributed by atoms with E-state index in [1.165, 1.54) is 0 Å². The van der Waals surface area contributed by atoms with Crippen LogP contribution in [0.1, 0.15) is 27.7 Å². The highest BCUT2D eigenvalue weighted by Crippen LogP contribution is 2.10. The third kappa shape index (κ3) is 3.98. The van der Waals surface area contributed by atoms with Crippen molar-refractivity contribution in [1.82, 2.24) is 0 Å². The van der Waals surface area contributed by atoms with Crippen LogP contribution in [-0.2, 0) is 9.53 Å². The molecule has 0 aromatic heterocycles. The molecule has 0 bridgehead atoms. The van der Waals surface area contributed by atoms with E-state index < -0.39 is 11.6 Å². The molecule has 0 saturated heterocycles. The molecule has 11 heavy (non-hydrogen) atoms. The van der Waals surface area contributed by atoms with Gasteiger partial charge in [0.15, 0.2) is 5.60 Å². The molecule has 0 fully saturated rings. The van der Waals surface area contributed by atoms with Gasteiger partial charge in [-0.15, -0.1) is 0 Å². The molecule has 0 spiro atoms. The van der Waals surface area contributed by atoms with Gasteiger partial charge in [0.2, 0.25) is 0 Å². The van der Waals surface area contributed by atoms with Gasteiger partial charge in [-0.05, 0) is 19.8 Å². The van der Waals surface area contributed by atoms with Gasteiger partial charge in [0.25, 0.3) is 0 Å². The number of ether oxygens (including phenoxy) is 1. The SMILES string of the molecule is CC(C)COC(C)(C)C(=O)O. The second-order valence-electron chi connectivity index (χ2n) is 3.52. The van der Waals surface area contributed by atoms with Crippen LogP contribution in [0.3, 0.4) is 0 Å². The molecule has 3 nitrogen and oxygen atoms in total. The van der Waals surface area contributed by atoms with E-state index in [2.05, 4.69) is 0 Å². The summed E-state index contributed by atoms with van der Waals surface area (Å²) in [5.41, 5.74) is -1.05. The van der Waals surface area contributed by atoms with Crippen LogP contribution in [-0.4, -0.2) is 23.3 Å². The van der Waals surface area contributed by atoms with Crippen LogP contribution in [0.2, 0.25) is 0 Å². The minimum atomic E-state index is -1.05. The molecule has 0 heterocycles. The molecule has 0 unspecified atom stereocenters. The normalized spacial score (nSPS) is 12.1. The first-order chi connectivity index (χ1) is 4.86. The summed E-state index contributed by atoms with van der Waals surface area (Å²) in [5.74, 6) is -0.549. The number of carboxylic acids is 1. The summed E-state index contributed by atoms with van der Waals surface area (Å²) in [6.45, 7) is 7.56. The average molecular weight is 160 g/mol. The van der Waals surface area contributed by atoms with E-state index >= 15 is 0 Å². The van der Waals surface area contributed by atoms with Gasteiger partial charge in [0.05, 0.1) is 6.61 Å². The predicted octanol–water partition coefficient (Wildman–Crippen LogP) is 1.52. The first kappa shape index (κ1) is 10.4. The van der Waals surface area contributed by atoms with Crippen LogP contribution >= 0.6 is 0 Å². The topological polar surface area (TPSA) is 46.5 Å². The van der Waals surface area contributed by atoms with E-state index in [9.17, 15) is 4.79 Å². The average Bonchev–Trinajstić information content (AvgIpc) is 1.84. The molecule has 0 aliphatic carbocycles. The fourth-order valence-electron chi connectivity index (χ4n) is 0.437. The zero-order valence-electron chi connectivity index (χ0n) is 7.55. The maximum absolute atomic E-state index is 10.5. The van der Waals surface area contributed by atoms with Gasteiger partial charge in [-0.2, -0.15) is 0 Å². The quantitative estimate of drug-likeness (QED) is 0.678. The Balaban J connectivity index is 3.83. The lowest BCUT2D eigenvalue weighted by molar-refractivity contribution is -0.162. The van der Waals surface area contributed by atoms with E-state index in [0.717, 1.165) is 0 Å². The van der Waals surface area contributed by atoms with Gasteiger partial charge in [0, 0.05) is 0 Å². The Kier molecular flexibility index (Phi) is 3.52. The van der Waals surface area contributed by atoms with Crippen LogP contribution in [0.15, 0.2) is 0 Å². The minimum Gasteiger partial charge on any atom is -0.479 e. The summed E-state index contributed by atoms with van der Waals surface area (Å²) in [5, 5.41) is 8.63. The van der Waals surface area contributed by atoms with Crippen molar-refractivity contribution < 1.29 is 14.6 Å². The van der Waals surface area contributed by atoms with E-state index in [4.69, 9.17) is 9.84 Å². The van der Waals surface area contributed by atoms with Gasteiger partial charge in [-0.1, -0.05) is 13.8 Å². The lowest BCUT2D eigenvalue weighted by atomic mass is 10.1. The van der Waals surface area contributed by atoms with Crippen LogP contribution < -0.4 is 0 Å². The molecule has 0 rings (SSSR count). The second kappa shape index (κ2) is 3.72. The number of hydrogen-bond acceptors (Lipinski definition) is 2. The van der Waals surface area contributed by atoms with E-state index in [-0.39, 0.29) is 0 Å². The molecular weight excluding hydrogens is 144 g/mol. The van der Waals surface area contributed by atoms with Gasteiger partial charge in [0.1, 0.15) is 0 Å². The zero-order chi connectivity index (χ0) is 9.07. The Bertz CT molecular complexity index is 138. The van der Waals surface area contributed by atoms with E-state index in [0.29, 0.717) is 12.5 Å². The lowest BCUT2D eigenvalue weighted by Crippen LogP contribution is -2.35. The number of aliphatic carboxylic acids is 1. The second-order valence-corrected chi connectivity index (χ2v) is 3.52. The molecule has 3 heteroatoms. The van der Waals surface area contributed by atoms with Crippen molar-refractivity contribution >= 4 is 5.97 Å². The first-order valence-electron chi connectivity index (χ1n) is 3.73. The molecule has 0 atom stereocenters. The summed E-state index contributed by atoms with van der Waals surface area (Å²) in [7, 11) is 0. The highest BCUT2D eigenvalue weighted by Gasteiger charge is 2.27. The predicted molar refractivity (Wildman–Crippen MR) is 42.5 cm³/mol. The molecule has 66 valence electrons. The lowest BCUT2D eigenvalue weighted by Gasteiger charge is -2.21. The largest absolute Gasteiger partial charge is 0.479 e. The summed E-state index contributed by atoms with van der Waals surface area (Å²) in [4.78, 5) is 10.5. The molecule has 0 amide bonds. The summed E-state index contributed by atoms with van der Waals surface area (Å²) < 4.78 is 5.15. The molecule has 0 aliphatic rings. The van der Waals surface area contributed by atoms with Crippen LogP contribution in [0.4, 0.5) is 0 Å². The van der Waals surface area contributed by atoms with E-state index in [1.54, 1.807) is 13.8 Å². The van der Waals surface area contributed by atoms with Gasteiger partial charge in [-0.3, -0.25) is 0 Å². The molecule has 0 aliphatic heterocycles. The van der Waals surface area contributed by atoms with Gasteiger partial charge < -0.3 is 9.84 Å². The number of rotatable bonds is 4. The van der Waals surface area contributed by atoms with Crippen molar-refractivity contribution in [2.45, 2.75) is 33.3 Å². The number of hydrogen-bond donors (Lipinski definition) is 1. The minimum absolute atomic E-state index is 0.369.